The Bertz CT molecular complexity index is 1540. The minimum atomic E-state index is -4.15. The van der Waals surface area contributed by atoms with E-state index >= 15 is 0 Å². The Balaban J connectivity index is 1.49. The molecular formula is C25H29N5O6S. The van der Waals surface area contributed by atoms with Gasteiger partial charge >= 0.3 is 10.3 Å². The number of nitrogens with two attached hydrogens (primary N) is 1. The zero-order chi connectivity index (χ0) is 26.3. The fourth-order valence-corrected chi connectivity index (χ4v) is 5.16. The predicted molar refractivity (Wildman–Crippen MR) is 138 cm³/mol. The van der Waals surface area contributed by atoms with Crippen LogP contribution in [0.2, 0.25) is 0 Å². The molecule has 2 aromatic carbocycles. The summed E-state index contributed by atoms with van der Waals surface area (Å²) in [5.74, 6) is 0.633. The summed E-state index contributed by atoms with van der Waals surface area (Å²) in [6, 6.07) is 14.9. The number of rotatable bonds is 8. The molecule has 11 nitrogen and oxygen atoms in total. The smallest absolute Gasteiger partial charge is 0.333 e. The van der Waals surface area contributed by atoms with Gasteiger partial charge in [-0.05, 0) is 43.2 Å². The van der Waals surface area contributed by atoms with Crippen molar-refractivity contribution in [3.05, 3.63) is 54.7 Å². The Morgan fingerprint density at radius 3 is 2.70 bits per heavy atom. The third-order valence-electron chi connectivity index (χ3n) is 6.45. The highest BCUT2D eigenvalue weighted by Gasteiger charge is 2.42. The van der Waals surface area contributed by atoms with E-state index in [0.717, 1.165) is 16.3 Å². The third kappa shape index (κ3) is 5.24. The van der Waals surface area contributed by atoms with Crippen molar-refractivity contribution in [3.8, 4) is 17.0 Å². The van der Waals surface area contributed by atoms with E-state index in [1.165, 1.54) is 0 Å². The molecule has 0 aliphatic heterocycles. The molecule has 4 atom stereocenters. The normalized spacial score (nSPS) is 22.2. The molecule has 1 aliphatic rings. The quantitative estimate of drug-likeness (QED) is 0.269. The molecule has 0 bridgehead atoms. The van der Waals surface area contributed by atoms with Gasteiger partial charge in [0.25, 0.3) is 0 Å². The average molecular weight is 528 g/mol. The summed E-state index contributed by atoms with van der Waals surface area (Å²) in [4.78, 5) is 4.45. The van der Waals surface area contributed by atoms with Gasteiger partial charge in [-0.3, -0.25) is 4.18 Å². The first-order chi connectivity index (χ1) is 17.6. The highest BCUT2D eigenvalue weighted by Crippen LogP contribution is 2.38. The van der Waals surface area contributed by atoms with E-state index < -0.39 is 34.5 Å². The number of nitrogens with zero attached hydrogens (tertiary/aromatic N) is 3. The van der Waals surface area contributed by atoms with Crippen LogP contribution in [-0.2, 0) is 14.5 Å². The van der Waals surface area contributed by atoms with Gasteiger partial charge in [0.05, 0.1) is 36.1 Å². The zero-order valence-corrected chi connectivity index (χ0v) is 21.2. The second-order valence-corrected chi connectivity index (χ2v) is 10.7. The lowest BCUT2D eigenvalue weighted by Crippen LogP contribution is -2.36. The van der Waals surface area contributed by atoms with Gasteiger partial charge in [-0.15, -0.1) is 0 Å². The van der Waals surface area contributed by atoms with Crippen LogP contribution in [0.4, 0.5) is 5.82 Å². The van der Waals surface area contributed by atoms with Gasteiger partial charge in [0, 0.05) is 18.2 Å². The largest absolute Gasteiger partial charge is 0.490 e. The van der Waals surface area contributed by atoms with Crippen LogP contribution in [0.15, 0.2) is 54.7 Å². The maximum Gasteiger partial charge on any atom is 0.333 e. The molecule has 1 saturated carbocycles. The second kappa shape index (κ2) is 9.88. The van der Waals surface area contributed by atoms with Gasteiger partial charge in [-0.2, -0.15) is 18.0 Å². The van der Waals surface area contributed by atoms with Gasteiger partial charge in [0.15, 0.2) is 5.65 Å². The molecule has 196 valence electrons. The minimum Gasteiger partial charge on any atom is -0.490 e. The van der Waals surface area contributed by atoms with Crippen molar-refractivity contribution in [1.29, 1.82) is 0 Å². The number of aliphatic hydroxyl groups is 2. The fraction of sp³-hybridized carbons (Fsp3) is 0.360. The summed E-state index contributed by atoms with van der Waals surface area (Å²) >= 11 is 0. The van der Waals surface area contributed by atoms with E-state index in [-0.39, 0.29) is 19.1 Å². The summed E-state index contributed by atoms with van der Waals surface area (Å²) < 4.78 is 34.7. The molecule has 5 N–H and O–H groups in total. The first kappa shape index (κ1) is 25.4. The molecule has 4 aromatic rings. The lowest BCUT2D eigenvalue weighted by molar-refractivity contribution is 0.00777. The number of nitrogens with one attached hydrogen (secondary N) is 1. The second-order valence-electron chi connectivity index (χ2n) is 9.46. The molecule has 2 aromatic heterocycles. The molecule has 12 heteroatoms. The van der Waals surface area contributed by atoms with Crippen LogP contribution in [0.1, 0.15) is 20.3 Å². The van der Waals surface area contributed by atoms with Crippen LogP contribution >= 0.6 is 0 Å². The number of hydrogen-bond acceptors (Lipinski definition) is 9. The lowest BCUT2D eigenvalue weighted by Gasteiger charge is -2.19. The fourth-order valence-electron chi connectivity index (χ4n) is 4.80. The summed E-state index contributed by atoms with van der Waals surface area (Å²) in [7, 11) is -4.15. The zero-order valence-electron chi connectivity index (χ0n) is 20.4. The Kier molecular flexibility index (Phi) is 6.77. The molecule has 0 saturated heterocycles. The summed E-state index contributed by atoms with van der Waals surface area (Å²) in [6.45, 7) is 3.61. The molecule has 0 amide bonds. The predicted octanol–water partition coefficient (Wildman–Crippen LogP) is 2.08. The van der Waals surface area contributed by atoms with Crippen LogP contribution in [0, 0.1) is 5.92 Å². The van der Waals surface area contributed by atoms with Crippen molar-refractivity contribution in [2.24, 2.45) is 11.1 Å². The van der Waals surface area contributed by atoms with E-state index in [9.17, 15) is 18.6 Å². The number of benzene rings is 2. The molecular weight excluding hydrogens is 498 g/mol. The van der Waals surface area contributed by atoms with Crippen molar-refractivity contribution >= 4 is 32.5 Å². The molecule has 37 heavy (non-hydrogen) atoms. The van der Waals surface area contributed by atoms with Gasteiger partial charge < -0.3 is 20.3 Å². The topological polar surface area (TPSA) is 161 Å². The van der Waals surface area contributed by atoms with Crippen LogP contribution in [-0.4, -0.2) is 64.2 Å². The van der Waals surface area contributed by atoms with Crippen molar-refractivity contribution in [3.63, 3.8) is 0 Å². The molecule has 1 aliphatic carbocycles. The maximum atomic E-state index is 11.1. The first-order valence-electron chi connectivity index (χ1n) is 11.9. The summed E-state index contributed by atoms with van der Waals surface area (Å²) in [5, 5.41) is 36.0. The van der Waals surface area contributed by atoms with Crippen molar-refractivity contribution < 1.29 is 27.6 Å². The SMILES string of the molecule is CC(C)Oc1ccc2ccccc2c1-c1cc2nccc(N[C@@H]3C[C@H](COS(N)(=O)=O)[C@@H](O)C3O)n2n1. The highest BCUT2D eigenvalue weighted by atomic mass is 32.2. The molecule has 1 fully saturated rings. The van der Waals surface area contributed by atoms with E-state index in [1.807, 2.05) is 56.3 Å². The number of fused-ring (bicyclic) bond motifs is 2. The van der Waals surface area contributed by atoms with Crippen LogP contribution < -0.4 is 15.2 Å². The van der Waals surface area contributed by atoms with E-state index in [0.29, 0.717) is 22.9 Å². The van der Waals surface area contributed by atoms with E-state index in [1.54, 1.807) is 16.8 Å². The average Bonchev–Trinajstić information content (AvgIpc) is 3.39. The van der Waals surface area contributed by atoms with Crippen LogP contribution in [0.3, 0.4) is 0 Å². The van der Waals surface area contributed by atoms with Gasteiger partial charge in [-0.1, -0.05) is 30.3 Å². The first-order valence-corrected chi connectivity index (χ1v) is 13.4. The maximum absolute atomic E-state index is 11.1. The number of anilines is 1. The van der Waals surface area contributed by atoms with Crippen LogP contribution in [0.5, 0.6) is 5.75 Å². The number of aromatic nitrogens is 3. The Morgan fingerprint density at radius 2 is 1.95 bits per heavy atom. The van der Waals surface area contributed by atoms with Crippen molar-refractivity contribution in [2.75, 3.05) is 11.9 Å². The lowest BCUT2D eigenvalue weighted by atomic mass is 10.0. The molecule has 5 rings (SSSR count). The number of hydrogen-bond donors (Lipinski definition) is 4. The number of aliphatic hydroxyl groups excluding tert-OH is 2. The van der Waals surface area contributed by atoms with Crippen molar-refractivity contribution in [2.45, 2.75) is 44.6 Å². The molecule has 2 heterocycles. The minimum absolute atomic E-state index is 0.0336. The summed E-state index contributed by atoms with van der Waals surface area (Å²) in [5.41, 5.74) is 2.09. The van der Waals surface area contributed by atoms with E-state index in [2.05, 4.69) is 14.5 Å². The molecule has 1 unspecified atom stereocenters. The van der Waals surface area contributed by atoms with Crippen molar-refractivity contribution in [1.82, 2.24) is 14.6 Å². The summed E-state index contributed by atoms with van der Waals surface area (Å²) in [6.07, 6.45) is -0.496. The van der Waals surface area contributed by atoms with Gasteiger partial charge in [-0.25, -0.2) is 10.1 Å². The van der Waals surface area contributed by atoms with Gasteiger partial charge in [0.1, 0.15) is 17.7 Å². The standard InChI is InChI=1S/C25H29N5O6S/c1-14(2)36-20-8-7-15-5-3-4-6-17(15)23(20)18-12-22-27-10-9-21(30(22)29-18)28-19-11-16(24(31)25(19)32)13-35-37(26,33)34/h3-10,12,14,16,19,24-25,28,31-32H,11,13H2,1-2H3,(H2,26,33,34)/t16-,19-,24-,25?/m1/s1. The Hall–Kier alpha value is -3.29. The Morgan fingerprint density at radius 1 is 1.16 bits per heavy atom. The Labute approximate surface area is 214 Å². The highest BCUT2D eigenvalue weighted by molar-refractivity contribution is 7.84. The van der Waals surface area contributed by atoms with Crippen LogP contribution in [0.25, 0.3) is 27.7 Å². The van der Waals surface area contributed by atoms with E-state index in [4.69, 9.17) is 15.0 Å². The number of ether oxygens (including phenoxy) is 1. The monoisotopic (exact) mass is 527 g/mol. The van der Waals surface area contributed by atoms with Gasteiger partial charge in [0.2, 0.25) is 0 Å². The third-order valence-corrected chi connectivity index (χ3v) is 6.91. The molecule has 0 spiro atoms. The molecule has 0 radical (unpaired) electrons.